The van der Waals surface area contributed by atoms with Crippen molar-refractivity contribution in [1.29, 1.82) is 0 Å². The summed E-state index contributed by atoms with van der Waals surface area (Å²) in [6, 6.07) is 4.10. The normalized spacial score (nSPS) is 18.8. The van der Waals surface area contributed by atoms with E-state index >= 15 is 0 Å². The number of hydrogen-bond donors (Lipinski definition) is 0. The number of anilines is 1. The molecule has 18 heavy (non-hydrogen) atoms. The van der Waals surface area contributed by atoms with Crippen molar-refractivity contribution in [3.63, 3.8) is 0 Å². The summed E-state index contributed by atoms with van der Waals surface area (Å²) in [5.41, 5.74) is 1.45. The number of carbonyl (C=O) groups excluding carboxylic acids is 1. The zero-order valence-electron chi connectivity index (χ0n) is 9.60. The van der Waals surface area contributed by atoms with Crippen LogP contribution < -0.4 is 4.90 Å². The van der Waals surface area contributed by atoms with E-state index < -0.39 is 10.2 Å². The molecule has 1 aromatic carbocycles. The third kappa shape index (κ3) is 1.90. The van der Waals surface area contributed by atoms with Gasteiger partial charge in [-0.05, 0) is 37.0 Å². The summed E-state index contributed by atoms with van der Waals surface area (Å²) in [6.07, 6.45) is 2.48. The van der Waals surface area contributed by atoms with Gasteiger partial charge in [-0.1, -0.05) is 6.07 Å². The molecule has 0 radical (unpaired) electrons. The zero-order chi connectivity index (χ0) is 12.9. The Labute approximate surface area is 105 Å². The van der Waals surface area contributed by atoms with E-state index in [4.69, 9.17) is 0 Å². The average Bonchev–Trinajstić information content (AvgIpc) is 3.06. The number of fused-ring (bicyclic) bond motifs is 1. The van der Waals surface area contributed by atoms with Crippen molar-refractivity contribution < 1.29 is 17.1 Å². The number of carbonyl (C=O) groups is 1. The first kappa shape index (κ1) is 11.6. The molecular weight excluding hydrogens is 257 g/mol. The molecule has 1 amide bonds. The van der Waals surface area contributed by atoms with Crippen molar-refractivity contribution in [2.45, 2.75) is 24.2 Å². The molecule has 6 heteroatoms. The van der Waals surface area contributed by atoms with Crippen molar-refractivity contribution in [2.24, 2.45) is 5.92 Å². The van der Waals surface area contributed by atoms with E-state index in [0.717, 1.165) is 18.4 Å². The molecule has 1 aromatic rings. The fourth-order valence-electron chi connectivity index (χ4n) is 2.29. The number of nitrogens with zero attached hydrogens (tertiary/aromatic N) is 1. The first-order valence-corrected chi connectivity index (χ1v) is 7.24. The maximum absolute atomic E-state index is 13.0. The molecule has 0 N–H and O–H groups in total. The van der Waals surface area contributed by atoms with Gasteiger partial charge in [-0.25, -0.2) is 0 Å². The molecule has 1 aliphatic heterocycles. The number of rotatable bonds is 2. The second kappa shape index (κ2) is 3.78. The smallest absolute Gasteiger partial charge is 0.312 e. The Balaban J connectivity index is 2.01. The summed E-state index contributed by atoms with van der Waals surface area (Å²) in [4.78, 5) is 13.2. The molecule has 96 valence electrons. The molecule has 0 bridgehead atoms. The maximum Gasteiger partial charge on any atom is 0.332 e. The predicted octanol–water partition coefficient (Wildman–Crippen LogP) is 1.64. The quantitative estimate of drug-likeness (QED) is 0.767. The van der Waals surface area contributed by atoms with Crippen LogP contribution in [0.15, 0.2) is 23.1 Å². The maximum atomic E-state index is 13.0. The molecule has 3 rings (SSSR count). The van der Waals surface area contributed by atoms with Crippen LogP contribution in [-0.2, 0) is 21.4 Å². The highest BCUT2D eigenvalue weighted by Crippen LogP contribution is 2.37. The van der Waals surface area contributed by atoms with E-state index in [9.17, 15) is 17.1 Å². The molecular formula is C12H12FNO3S. The Morgan fingerprint density at radius 1 is 1.33 bits per heavy atom. The molecule has 0 spiro atoms. The predicted molar refractivity (Wildman–Crippen MR) is 63.5 cm³/mol. The first-order chi connectivity index (χ1) is 8.47. The highest BCUT2D eigenvalue weighted by atomic mass is 32.3. The zero-order valence-corrected chi connectivity index (χ0v) is 10.4. The summed E-state index contributed by atoms with van der Waals surface area (Å²) in [7, 11) is -4.72. The van der Waals surface area contributed by atoms with Crippen LogP contribution in [0.25, 0.3) is 0 Å². The number of benzene rings is 1. The van der Waals surface area contributed by atoms with Gasteiger partial charge >= 0.3 is 10.2 Å². The van der Waals surface area contributed by atoms with E-state index in [1.54, 1.807) is 11.0 Å². The second-order valence-corrected chi connectivity index (χ2v) is 6.09. The van der Waals surface area contributed by atoms with E-state index in [1.165, 1.54) is 12.1 Å². The Hall–Kier alpha value is -1.43. The van der Waals surface area contributed by atoms with Gasteiger partial charge in [0.2, 0.25) is 5.91 Å². The highest BCUT2D eigenvalue weighted by Gasteiger charge is 2.36. The van der Waals surface area contributed by atoms with Gasteiger partial charge in [0.25, 0.3) is 0 Å². The van der Waals surface area contributed by atoms with E-state index in [-0.39, 0.29) is 16.7 Å². The lowest BCUT2D eigenvalue weighted by molar-refractivity contribution is -0.119. The molecule has 1 heterocycles. The molecule has 4 nitrogen and oxygen atoms in total. The summed E-state index contributed by atoms with van der Waals surface area (Å²) in [6.45, 7) is 0.556. The molecule has 1 fully saturated rings. The SMILES string of the molecule is O=C(C1CC1)N1CCc2ccc(S(=O)(=O)F)cc21. The Morgan fingerprint density at radius 3 is 2.67 bits per heavy atom. The van der Waals surface area contributed by atoms with E-state index in [1.807, 2.05) is 0 Å². The molecule has 1 saturated carbocycles. The van der Waals surface area contributed by atoms with Crippen molar-refractivity contribution in [3.8, 4) is 0 Å². The third-order valence-corrected chi connectivity index (χ3v) is 4.24. The fourth-order valence-corrected chi connectivity index (χ4v) is 2.77. The summed E-state index contributed by atoms with van der Waals surface area (Å²) in [5, 5.41) is 0. The summed E-state index contributed by atoms with van der Waals surface area (Å²) in [5.74, 6) is 0.101. The number of amides is 1. The van der Waals surface area contributed by atoms with Gasteiger partial charge in [-0.15, -0.1) is 3.89 Å². The Kier molecular flexibility index (Phi) is 2.45. The topological polar surface area (TPSA) is 54.5 Å². The van der Waals surface area contributed by atoms with Crippen LogP contribution in [0.1, 0.15) is 18.4 Å². The van der Waals surface area contributed by atoms with Crippen molar-refractivity contribution in [1.82, 2.24) is 0 Å². The minimum atomic E-state index is -4.72. The van der Waals surface area contributed by atoms with Crippen LogP contribution in [0.5, 0.6) is 0 Å². The van der Waals surface area contributed by atoms with Crippen LogP contribution in [-0.4, -0.2) is 20.9 Å². The minimum Gasteiger partial charge on any atom is -0.312 e. The van der Waals surface area contributed by atoms with Gasteiger partial charge in [-0.2, -0.15) is 8.42 Å². The van der Waals surface area contributed by atoms with Gasteiger partial charge in [0.1, 0.15) is 4.90 Å². The number of halogens is 1. The van der Waals surface area contributed by atoms with E-state index in [2.05, 4.69) is 0 Å². The summed E-state index contributed by atoms with van der Waals surface area (Å²) < 4.78 is 34.7. The van der Waals surface area contributed by atoms with Gasteiger partial charge < -0.3 is 4.90 Å². The van der Waals surface area contributed by atoms with Crippen molar-refractivity contribution in [3.05, 3.63) is 23.8 Å². The van der Waals surface area contributed by atoms with Crippen LogP contribution >= 0.6 is 0 Å². The van der Waals surface area contributed by atoms with Gasteiger partial charge in [0, 0.05) is 18.2 Å². The highest BCUT2D eigenvalue weighted by molar-refractivity contribution is 7.86. The molecule has 1 aliphatic carbocycles. The standard InChI is InChI=1S/C12H12FNO3S/c13-18(16,17)10-4-3-8-5-6-14(11(8)7-10)12(15)9-1-2-9/h3-4,7,9H,1-2,5-6H2. The Morgan fingerprint density at radius 2 is 2.06 bits per heavy atom. The third-order valence-electron chi connectivity index (χ3n) is 3.43. The fraction of sp³-hybridized carbons (Fsp3) is 0.417. The van der Waals surface area contributed by atoms with E-state index in [0.29, 0.717) is 18.7 Å². The van der Waals surface area contributed by atoms with Crippen LogP contribution in [0, 0.1) is 5.92 Å². The molecule has 0 unspecified atom stereocenters. The van der Waals surface area contributed by atoms with Crippen LogP contribution in [0.3, 0.4) is 0 Å². The lowest BCUT2D eigenvalue weighted by Gasteiger charge is -2.17. The summed E-state index contributed by atoms with van der Waals surface area (Å²) >= 11 is 0. The monoisotopic (exact) mass is 269 g/mol. The number of hydrogen-bond acceptors (Lipinski definition) is 3. The Bertz CT molecular complexity index is 622. The van der Waals surface area contributed by atoms with Crippen molar-refractivity contribution >= 4 is 21.8 Å². The van der Waals surface area contributed by atoms with Crippen molar-refractivity contribution in [2.75, 3.05) is 11.4 Å². The first-order valence-electron chi connectivity index (χ1n) is 5.86. The molecule has 0 atom stereocenters. The molecule has 0 saturated heterocycles. The average molecular weight is 269 g/mol. The molecule has 2 aliphatic rings. The lowest BCUT2D eigenvalue weighted by atomic mass is 10.2. The van der Waals surface area contributed by atoms with Gasteiger partial charge in [-0.3, -0.25) is 4.79 Å². The minimum absolute atomic E-state index is 0.0298. The largest absolute Gasteiger partial charge is 0.332 e. The van der Waals surface area contributed by atoms with Gasteiger partial charge in [0.15, 0.2) is 0 Å². The van der Waals surface area contributed by atoms with Crippen LogP contribution in [0.4, 0.5) is 9.57 Å². The molecule has 0 aromatic heterocycles. The lowest BCUT2D eigenvalue weighted by Crippen LogP contribution is -2.30. The van der Waals surface area contributed by atoms with Crippen LogP contribution in [0.2, 0.25) is 0 Å². The second-order valence-electron chi connectivity index (χ2n) is 4.74. The van der Waals surface area contributed by atoms with Gasteiger partial charge in [0.05, 0.1) is 0 Å².